The number of benzene rings is 1. The minimum Gasteiger partial charge on any atom is -0.383 e. The lowest BCUT2D eigenvalue weighted by Gasteiger charge is -2.23. The zero-order chi connectivity index (χ0) is 12.7. The van der Waals surface area contributed by atoms with Crippen LogP contribution in [0.2, 0.25) is 0 Å². The minimum absolute atomic E-state index is 0.769. The number of likely N-dealkylation sites (N-methyl/N-ethyl adjacent to an activating group) is 1. The van der Waals surface area contributed by atoms with Crippen LogP contribution in [0.1, 0.15) is 18.1 Å². The first-order chi connectivity index (χ1) is 8.22. The number of nitrogens with one attached hydrogen (secondary N) is 1. The summed E-state index contributed by atoms with van der Waals surface area (Å²) in [6.45, 7) is 7.99. The topological polar surface area (TPSA) is 24.5 Å². The lowest BCUT2D eigenvalue weighted by atomic mass is 10.1. The van der Waals surface area contributed by atoms with Crippen molar-refractivity contribution in [1.29, 1.82) is 0 Å². The third kappa shape index (κ3) is 4.02. The fraction of sp³-hybridized carbons (Fsp3) is 0.571. The van der Waals surface area contributed by atoms with Gasteiger partial charge in [0.05, 0.1) is 6.61 Å². The van der Waals surface area contributed by atoms with Crippen molar-refractivity contribution in [2.75, 3.05) is 38.8 Å². The molecule has 3 nitrogen and oxygen atoms in total. The number of ether oxygens (including phenoxy) is 1. The van der Waals surface area contributed by atoms with Gasteiger partial charge < -0.3 is 15.0 Å². The molecule has 0 saturated heterocycles. The number of hydrogen-bond acceptors (Lipinski definition) is 3. The van der Waals surface area contributed by atoms with Crippen LogP contribution >= 0.6 is 0 Å². The van der Waals surface area contributed by atoms with Gasteiger partial charge in [0.15, 0.2) is 0 Å². The van der Waals surface area contributed by atoms with Gasteiger partial charge in [0, 0.05) is 32.4 Å². The molecule has 1 aromatic rings. The maximum Gasteiger partial charge on any atom is 0.0637 e. The highest BCUT2D eigenvalue weighted by Crippen LogP contribution is 2.19. The fourth-order valence-corrected chi connectivity index (χ4v) is 1.94. The summed E-state index contributed by atoms with van der Waals surface area (Å²) in [7, 11) is 3.72. The van der Waals surface area contributed by atoms with Crippen LogP contribution in [0.25, 0.3) is 0 Å². The highest BCUT2D eigenvalue weighted by atomic mass is 16.5. The summed E-state index contributed by atoms with van der Waals surface area (Å²) in [5.41, 5.74) is 3.98. The maximum absolute atomic E-state index is 5.14. The van der Waals surface area contributed by atoms with Gasteiger partial charge in [-0.3, -0.25) is 0 Å². The van der Waals surface area contributed by atoms with Gasteiger partial charge in [-0.15, -0.1) is 0 Å². The molecule has 0 saturated carbocycles. The smallest absolute Gasteiger partial charge is 0.0637 e. The molecule has 0 fully saturated rings. The molecule has 3 heteroatoms. The Kier molecular flexibility index (Phi) is 6.01. The number of methoxy groups -OCH3 is 1. The molecular formula is C14H24N2O. The predicted molar refractivity (Wildman–Crippen MR) is 73.7 cm³/mol. The molecule has 96 valence electrons. The standard InChI is InChI=1S/C14H24N2O/c1-5-16(8-9-17-4)14-7-6-13(11-15-3)12(2)10-14/h6-7,10,15H,5,8-9,11H2,1-4H3. The summed E-state index contributed by atoms with van der Waals surface area (Å²) in [6, 6.07) is 6.65. The average Bonchev–Trinajstić information content (AvgIpc) is 2.33. The van der Waals surface area contributed by atoms with Crippen molar-refractivity contribution in [2.45, 2.75) is 20.4 Å². The van der Waals surface area contributed by atoms with Gasteiger partial charge in [-0.05, 0) is 44.2 Å². The molecule has 0 amide bonds. The molecule has 0 aliphatic rings. The zero-order valence-corrected chi connectivity index (χ0v) is 11.4. The number of anilines is 1. The Morgan fingerprint density at radius 3 is 2.65 bits per heavy atom. The lowest BCUT2D eigenvalue weighted by Crippen LogP contribution is -2.26. The van der Waals surface area contributed by atoms with Crippen LogP contribution in [0.15, 0.2) is 18.2 Å². The number of aryl methyl sites for hydroxylation is 1. The van der Waals surface area contributed by atoms with Gasteiger partial charge in [-0.1, -0.05) is 6.07 Å². The van der Waals surface area contributed by atoms with E-state index in [1.54, 1.807) is 7.11 Å². The Hall–Kier alpha value is -1.06. The largest absolute Gasteiger partial charge is 0.383 e. The van der Waals surface area contributed by atoms with E-state index in [2.05, 4.69) is 42.3 Å². The summed E-state index contributed by atoms with van der Waals surface area (Å²) in [4.78, 5) is 2.33. The van der Waals surface area contributed by atoms with Gasteiger partial charge in [0.2, 0.25) is 0 Å². The molecule has 0 radical (unpaired) electrons. The van der Waals surface area contributed by atoms with Crippen LogP contribution in [0.4, 0.5) is 5.69 Å². The van der Waals surface area contributed by atoms with Gasteiger partial charge >= 0.3 is 0 Å². The van der Waals surface area contributed by atoms with Crippen molar-refractivity contribution in [3.63, 3.8) is 0 Å². The quantitative estimate of drug-likeness (QED) is 0.785. The first-order valence-electron chi connectivity index (χ1n) is 6.21. The molecular weight excluding hydrogens is 212 g/mol. The van der Waals surface area contributed by atoms with Crippen molar-refractivity contribution in [2.24, 2.45) is 0 Å². The van der Waals surface area contributed by atoms with Crippen molar-refractivity contribution in [1.82, 2.24) is 5.32 Å². The van der Waals surface area contributed by atoms with Crippen molar-refractivity contribution < 1.29 is 4.74 Å². The molecule has 0 spiro atoms. The monoisotopic (exact) mass is 236 g/mol. The number of rotatable bonds is 7. The summed E-state index contributed by atoms with van der Waals surface area (Å²) >= 11 is 0. The van der Waals surface area contributed by atoms with Crippen LogP contribution in [-0.2, 0) is 11.3 Å². The molecule has 0 heterocycles. The van der Waals surface area contributed by atoms with E-state index >= 15 is 0 Å². The SMILES string of the molecule is CCN(CCOC)c1ccc(CNC)c(C)c1. The first-order valence-corrected chi connectivity index (χ1v) is 6.21. The molecule has 1 N–H and O–H groups in total. The van der Waals surface area contributed by atoms with E-state index in [4.69, 9.17) is 4.74 Å². The first kappa shape index (κ1) is 14.0. The Labute approximate surface area is 105 Å². The van der Waals surface area contributed by atoms with Gasteiger partial charge in [-0.2, -0.15) is 0 Å². The van der Waals surface area contributed by atoms with Crippen LogP contribution in [-0.4, -0.2) is 33.9 Å². The maximum atomic E-state index is 5.14. The van der Waals surface area contributed by atoms with Crippen LogP contribution < -0.4 is 10.2 Å². The van der Waals surface area contributed by atoms with Crippen LogP contribution in [0, 0.1) is 6.92 Å². The van der Waals surface area contributed by atoms with E-state index in [-0.39, 0.29) is 0 Å². The molecule has 0 aliphatic heterocycles. The molecule has 1 rings (SSSR count). The molecule has 0 aromatic heterocycles. The number of hydrogen-bond donors (Lipinski definition) is 1. The van der Waals surface area contributed by atoms with E-state index in [1.165, 1.54) is 16.8 Å². The highest BCUT2D eigenvalue weighted by molar-refractivity contribution is 5.50. The molecule has 0 unspecified atom stereocenters. The van der Waals surface area contributed by atoms with Crippen molar-refractivity contribution >= 4 is 5.69 Å². The summed E-state index contributed by atoms with van der Waals surface area (Å²) < 4.78 is 5.14. The summed E-state index contributed by atoms with van der Waals surface area (Å²) in [6.07, 6.45) is 0. The van der Waals surface area contributed by atoms with Crippen molar-refractivity contribution in [3.05, 3.63) is 29.3 Å². The van der Waals surface area contributed by atoms with Crippen LogP contribution in [0.5, 0.6) is 0 Å². The van der Waals surface area contributed by atoms with E-state index in [0.29, 0.717) is 0 Å². The normalized spacial score (nSPS) is 10.6. The Morgan fingerprint density at radius 1 is 1.35 bits per heavy atom. The van der Waals surface area contributed by atoms with Gasteiger partial charge in [-0.25, -0.2) is 0 Å². The highest BCUT2D eigenvalue weighted by Gasteiger charge is 2.05. The summed E-state index contributed by atoms with van der Waals surface area (Å²) in [5.74, 6) is 0. The third-order valence-corrected chi connectivity index (χ3v) is 3.01. The predicted octanol–water partition coefficient (Wildman–Crippen LogP) is 2.19. The van der Waals surface area contributed by atoms with E-state index in [1.807, 2.05) is 7.05 Å². The van der Waals surface area contributed by atoms with E-state index in [9.17, 15) is 0 Å². The molecule has 0 atom stereocenters. The molecule has 17 heavy (non-hydrogen) atoms. The van der Waals surface area contributed by atoms with E-state index in [0.717, 1.165) is 26.2 Å². The van der Waals surface area contributed by atoms with Crippen LogP contribution in [0.3, 0.4) is 0 Å². The average molecular weight is 236 g/mol. The fourth-order valence-electron chi connectivity index (χ4n) is 1.94. The van der Waals surface area contributed by atoms with E-state index < -0.39 is 0 Å². The lowest BCUT2D eigenvalue weighted by molar-refractivity contribution is 0.205. The van der Waals surface area contributed by atoms with Crippen molar-refractivity contribution in [3.8, 4) is 0 Å². The Morgan fingerprint density at radius 2 is 2.12 bits per heavy atom. The Balaban J connectivity index is 2.79. The minimum atomic E-state index is 0.769. The second-order valence-electron chi connectivity index (χ2n) is 4.21. The number of nitrogens with zero attached hydrogens (tertiary/aromatic N) is 1. The van der Waals surface area contributed by atoms with Gasteiger partial charge in [0.1, 0.15) is 0 Å². The molecule has 0 aliphatic carbocycles. The van der Waals surface area contributed by atoms with Gasteiger partial charge in [0.25, 0.3) is 0 Å². The zero-order valence-electron chi connectivity index (χ0n) is 11.4. The second-order valence-corrected chi connectivity index (χ2v) is 4.21. The summed E-state index contributed by atoms with van der Waals surface area (Å²) in [5, 5.41) is 3.19. The molecule has 1 aromatic carbocycles. The Bertz CT molecular complexity index is 339. The third-order valence-electron chi connectivity index (χ3n) is 3.01. The molecule has 0 bridgehead atoms. The second kappa shape index (κ2) is 7.30.